The SMILES string of the molecule is CCCCCCCC/C=C\CCCCCCCCC1(N)CC(=O)C=CC1=O. The Bertz CT molecular complexity index is 481. The van der Waals surface area contributed by atoms with E-state index in [-0.39, 0.29) is 18.0 Å². The van der Waals surface area contributed by atoms with Gasteiger partial charge in [-0.05, 0) is 44.3 Å². The van der Waals surface area contributed by atoms with Gasteiger partial charge in [-0.2, -0.15) is 0 Å². The van der Waals surface area contributed by atoms with Gasteiger partial charge < -0.3 is 5.73 Å². The van der Waals surface area contributed by atoms with Gasteiger partial charge in [0.15, 0.2) is 11.6 Å². The largest absolute Gasteiger partial charge is 0.318 e. The van der Waals surface area contributed by atoms with Gasteiger partial charge in [0.1, 0.15) is 0 Å². The summed E-state index contributed by atoms with van der Waals surface area (Å²) in [6.45, 7) is 2.26. The van der Waals surface area contributed by atoms with Crippen LogP contribution < -0.4 is 5.73 Å². The predicted molar refractivity (Wildman–Crippen MR) is 115 cm³/mol. The molecule has 0 bridgehead atoms. The van der Waals surface area contributed by atoms with Crippen molar-refractivity contribution >= 4 is 11.6 Å². The summed E-state index contributed by atoms with van der Waals surface area (Å²) in [6, 6.07) is 0. The molecule has 0 radical (unpaired) electrons. The standard InChI is InChI=1S/C24H41NO2/c1-2-3-4-5-6-7-8-9-10-11-12-13-14-15-16-17-20-24(25)21-22(26)18-19-23(24)27/h9-10,18-19H,2-8,11-17,20-21,25H2,1H3/b10-9-. The quantitative estimate of drug-likeness (QED) is 0.258. The van der Waals surface area contributed by atoms with Crippen LogP contribution in [0.15, 0.2) is 24.3 Å². The van der Waals surface area contributed by atoms with Crippen molar-refractivity contribution in [2.45, 2.75) is 115 Å². The van der Waals surface area contributed by atoms with Crippen LogP contribution in [0, 0.1) is 0 Å². The van der Waals surface area contributed by atoms with Gasteiger partial charge >= 0.3 is 0 Å². The van der Waals surface area contributed by atoms with Crippen molar-refractivity contribution in [3.05, 3.63) is 24.3 Å². The maximum atomic E-state index is 11.9. The minimum absolute atomic E-state index is 0.0263. The van der Waals surface area contributed by atoms with Crippen molar-refractivity contribution in [2.75, 3.05) is 0 Å². The number of allylic oxidation sites excluding steroid dienone is 3. The maximum absolute atomic E-state index is 11.9. The first kappa shape index (κ1) is 23.8. The first-order valence-electron chi connectivity index (χ1n) is 11.3. The van der Waals surface area contributed by atoms with Crippen molar-refractivity contribution in [1.29, 1.82) is 0 Å². The molecular formula is C24H41NO2. The molecule has 3 heteroatoms. The highest BCUT2D eigenvalue weighted by atomic mass is 16.1. The second-order valence-corrected chi connectivity index (χ2v) is 8.18. The highest BCUT2D eigenvalue weighted by Crippen LogP contribution is 2.23. The maximum Gasteiger partial charge on any atom is 0.176 e. The molecule has 2 N–H and O–H groups in total. The van der Waals surface area contributed by atoms with E-state index in [9.17, 15) is 9.59 Å². The fraction of sp³-hybridized carbons (Fsp3) is 0.750. The van der Waals surface area contributed by atoms with Gasteiger partial charge in [0.05, 0.1) is 5.54 Å². The Kier molecular flexibility index (Phi) is 13.0. The first-order chi connectivity index (χ1) is 13.1. The average Bonchev–Trinajstić information content (AvgIpc) is 2.64. The van der Waals surface area contributed by atoms with E-state index in [1.807, 2.05) is 0 Å². The van der Waals surface area contributed by atoms with Crippen molar-refractivity contribution in [2.24, 2.45) is 5.73 Å². The monoisotopic (exact) mass is 375 g/mol. The van der Waals surface area contributed by atoms with Gasteiger partial charge in [0, 0.05) is 6.42 Å². The van der Waals surface area contributed by atoms with Crippen LogP contribution in [0.3, 0.4) is 0 Å². The molecule has 3 nitrogen and oxygen atoms in total. The first-order valence-corrected chi connectivity index (χ1v) is 11.3. The summed E-state index contributed by atoms with van der Waals surface area (Å²) in [6.07, 6.45) is 25.9. The molecule has 1 rings (SSSR count). The predicted octanol–water partition coefficient (Wildman–Crippen LogP) is 6.21. The Morgan fingerprint density at radius 3 is 1.93 bits per heavy atom. The third-order valence-corrected chi connectivity index (χ3v) is 5.54. The lowest BCUT2D eigenvalue weighted by atomic mass is 9.80. The lowest BCUT2D eigenvalue weighted by Crippen LogP contribution is -2.50. The molecule has 1 aliphatic rings. The van der Waals surface area contributed by atoms with Crippen LogP contribution in [0.4, 0.5) is 0 Å². The number of hydrogen-bond donors (Lipinski definition) is 1. The lowest BCUT2D eigenvalue weighted by Gasteiger charge is -2.27. The molecule has 1 aliphatic carbocycles. The van der Waals surface area contributed by atoms with E-state index >= 15 is 0 Å². The Balaban J connectivity index is 1.89. The molecule has 154 valence electrons. The van der Waals surface area contributed by atoms with E-state index in [1.54, 1.807) is 0 Å². The molecule has 0 spiro atoms. The minimum Gasteiger partial charge on any atom is -0.318 e. The molecule has 0 aromatic rings. The number of hydrogen-bond acceptors (Lipinski definition) is 3. The normalized spacial score (nSPS) is 20.1. The third-order valence-electron chi connectivity index (χ3n) is 5.54. The molecule has 0 amide bonds. The topological polar surface area (TPSA) is 60.2 Å². The fourth-order valence-corrected chi connectivity index (χ4v) is 3.69. The van der Waals surface area contributed by atoms with Crippen LogP contribution in [-0.2, 0) is 9.59 Å². The molecule has 0 aromatic heterocycles. The molecule has 0 aromatic carbocycles. The zero-order chi connectivity index (χ0) is 19.8. The van der Waals surface area contributed by atoms with Crippen LogP contribution >= 0.6 is 0 Å². The van der Waals surface area contributed by atoms with Gasteiger partial charge in [-0.3, -0.25) is 9.59 Å². The van der Waals surface area contributed by atoms with Gasteiger partial charge in [-0.25, -0.2) is 0 Å². The van der Waals surface area contributed by atoms with E-state index in [0.29, 0.717) is 6.42 Å². The second-order valence-electron chi connectivity index (χ2n) is 8.18. The number of unbranched alkanes of at least 4 members (excludes halogenated alkanes) is 12. The molecular weight excluding hydrogens is 334 g/mol. The average molecular weight is 376 g/mol. The number of carbonyl (C=O) groups excluding carboxylic acids is 2. The van der Waals surface area contributed by atoms with Crippen LogP contribution in [0.25, 0.3) is 0 Å². The Labute approximate surface area is 166 Å². The second kappa shape index (κ2) is 14.8. The van der Waals surface area contributed by atoms with E-state index < -0.39 is 5.54 Å². The fourth-order valence-electron chi connectivity index (χ4n) is 3.69. The molecule has 0 saturated heterocycles. The summed E-state index contributed by atoms with van der Waals surface area (Å²) in [5.41, 5.74) is 5.19. The summed E-state index contributed by atoms with van der Waals surface area (Å²) in [4.78, 5) is 23.4. The highest BCUT2D eigenvalue weighted by Gasteiger charge is 2.35. The molecule has 27 heavy (non-hydrogen) atoms. The number of rotatable bonds is 16. The van der Waals surface area contributed by atoms with E-state index in [2.05, 4.69) is 19.1 Å². The van der Waals surface area contributed by atoms with Crippen molar-refractivity contribution in [3.63, 3.8) is 0 Å². The summed E-state index contributed by atoms with van der Waals surface area (Å²) in [5, 5.41) is 0. The Hall–Kier alpha value is -1.22. The highest BCUT2D eigenvalue weighted by molar-refractivity contribution is 6.10. The molecule has 1 unspecified atom stereocenters. The van der Waals surface area contributed by atoms with Gasteiger partial charge in [0.25, 0.3) is 0 Å². The van der Waals surface area contributed by atoms with Crippen LogP contribution in [0.5, 0.6) is 0 Å². The van der Waals surface area contributed by atoms with Gasteiger partial charge in [-0.1, -0.05) is 83.3 Å². The van der Waals surface area contributed by atoms with E-state index in [1.165, 1.54) is 89.2 Å². The van der Waals surface area contributed by atoms with Crippen molar-refractivity contribution < 1.29 is 9.59 Å². The molecule has 0 saturated carbocycles. The van der Waals surface area contributed by atoms with Crippen molar-refractivity contribution in [1.82, 2.24) is 0 Å². The summed E-state index contributed by atoms with van der Waals surface area (Å²) in [7, 11) is 0. The third kappa shape index (κ3) is 11.3. The number of ketones is 2. The molecule has 1 atom stereocenters. The minimum atomic E-state index is -0.938. The number of nitrogens with two attached hydrogens (primary N) is 1. The lowest BCUT2D eigenvalue weighted by molar-refractivity contribution is -0.126. The van der Waals surface area contributed by atoms with Gasteiger partial charge in [0.2, 0.25) is 0 Å². The van der Waals surface area contributed by atoms with Crippen LogP contribution in [0.2, 0.25) is 0 Å². The summed E-state index contributed by atoms with van der Waals surface area (Å²) in [5.74, 6) is -0.114. The zero-order valence-electron chi connectivity index (χ0n) is 17.5. The molecule has 0 heterocycles. The van der Waals surface area contributed by atoms with Crippen LogP contribution in [0.1, 0.15) is 110 Å². The molecule has 0 aliphatic heterocycles. The smallest absolute Gasteiger partial charge is 0.176 e. The molecule has 0 fully saturated rings. The summed E-state index contributed by atoms with van der Waals surface area (Å²) < 4.78 is 0. The van der Waals surface area contributed by atoms with E-state index in [0.717, 1.165) is 12.8 Å². The Morgan fingerprint density at radius 1 is 0.815 bits per heavy atom. The number of carbonyl (C=O) groups is 2. The Morgan fingerprint density at radius 2 is 1.33 bits per heavy atom. The van der Waals surface area contributed by atoms with Crippen LogP contribution in [-0.4, -0.2) is 17.1 Å². The van der Waals surface area contributed by atoms with Gasteiger partial charge in [-0.15, -0.1) is 0 Å². The van der Waals surface area contributed by atoms with E-state index in [4.69, 9.17) is 5.73 Å². The zero-order valence-corrected chi connectivity index (χ0v) is 17.5. The summed E-state index contributed by atoms with van der Waals surface area (Å²) >= 11 is 0. The van der Waals surface area contributed by atoms with Crippen molar-refractivity contribution in [3.8, 4) is 0 Å².